The summed E-state index contributed by atoms with van der Waals surface area (Å²) in [6, 6.07) is 17.6. The molecule has 6 nitrogen and oxygen atoms in total. The van der Waals surface area contributed by atoms with E-state index in [1.165, 1.54) is 54.0 Å². The van der Waals surface area contributed by atoms with Gasteiger partial charge in [0.2, 0.25) is 0 Å². The van der Waals surface area contributed by atoms with E-state index >= 15 is 0 Å². The van der Waals surface area contributed by atoms with Crippen molar-refractivity contribution >= 4 is 11.0 Å². The molecule has 1 aliphatic heterocycles. The number of pyridine rings is 2. The van der Waals surface area contributed by atoms with Crippen LogP contribution in [0.1, 0.15) is 54.4 Å². The largest absolute Gasteiger partial charge is 0.327 e. The predicted octanol–water partition coefficient (Wildman–Crippen LogP) is 5.25. The van der Waals surface area contributed by atoms with Crippen LogP contribution >= 0.6 is 0 Å². The van der Waals surface area contributed by atoms with Gasteiger partial charge in [0.25, 0.3) is 0 Å². The number of aryl methyl sites for hydroxylation is 1. The van der Waals surface area contributed by atoms with Crippen molar-refractivity contribution in [2.24, 2.45) is 5.92 Å². The minimum atomic E-state index is 0.355. The van der Waals surface area contributed by atoms with Gasteiger partial charge in [0.1, 0.15) is 5.82 Å². The molecule has 2 aliphatic rings. The number of nitrogens with zero attached hydrogens (tertiary/aromatic N) is 6. The summed E-state index contributed by atoms with van der Waals surface area (Å²) in [7, 11) is 2.25. The van der Waals surface area contributed by atoms with Crippen molar-refractivity contribution in [1.29, 1.82) is 0 Å². The Morgan fingerprint density at radius 2 is 1.86 bits per heavy atom. The van der Waals surface area contributed by atoms with Crippen LogP contribution in [-0.2, 0) is 26.1 Å². The third kappa shape index (κ3) is 4.93. The highest BCUT2D eigenvalue weighted by Gasteiger charge is 2.27. The number of para-hydroxylation sites is 2. The van der Waals surface area contributed by atoms with Gasteiger partial charge in [-0.15, -0.1) is 0 Å². The third-order valence-electron chi connectivity index (χ3n) is 8.02. The molecule has 186 valence electrons. The van der Waals surface area contributed by atoms with Crippen LogP contribution in [0.3, 0.4) is 0 Å². The summed E-state index contributed by atoms with van der Waals surface area (Å²) >= 11 is 0. The second-order valence-corrected chi connectivity index (χ2v) is 10.6. The summed E-state index contributed by atoms with van der Waals surface area (Å²) in [6.45, 7) is 5.17. The molecule has 1 fully saturated rings. The molecule has 6 rings (SSSR count). The van der Waals surface area contributed by atoms with Crippen LogP contribution in [0, 0.1) is 5.92 Å². The van der Waals surface area contributed by atoms with E-state index in [1.54, 1.807) is 0 Å². The van der Waals surface area contributed by atoms with Crippen LogP contribution in [0.15, 0.2) is 67.1 Å². The maximum Gasteiger partial charge on any atom is 0.124 e. The molecule has 6 heteroatoms. The van der Waals surface area contributed by atoms with E-state index in [2.05, 4.69) is 74.9 Å². The van der Waals surface area contributed by atoms with Gasteiger partial charge in [-0.2, -0.15) is 0 Å². The zero-order valence-electron chi connectivity index (χ0n) is 21.3. The maximum absolute atomic E-state index is 5.14. The van der Waals surface area contributed by atoms with Gasteiger partial charge in [-0.25, -0.2) is 4.98 Å². The van der Waals surface area contributed by atoms with E-state index < -0.39 is 0 Å². The van der Waals surface area contributed by atoms with Crippen molar-refractivity contribution < 1.29 is 0 Å². The lowest BCUT2D eigenvalue weighted by atomic mass is 9.91. The molecule has 1 aromatic carbocycles. The first-order valence-corrected chi connectivity index (χ1v) is 13.4. The summed E-state index contributed by atoms with van der Waals surface area (Å²) < 4.78 is 2.51. The molecule has 1 aliphatic carbocycles. The van der Waals surface area contributed by atoms with Gasteiger partial charge in [0.15, 0.2) is 0 Å². The highest BCUT2D eigenvalue weighted by Crippen LogP contribution is 2.33. The molecule has 0 N–H and O–H groups in total. The van der Waals surface area contributed by atoms with E-state index in [0.29, 0.717) is 12.0 Å². The van der Waals surface area contributed by atoms with Crippen molar-refractivity contribution in [2.45, 2.75) is 57.8 Å². The normalized spacial score (nSPS) is 20.6. The number of fused-ring (bicyclic) bond motifs is 2. The topological polar surface area (TPSA) is 50.1 Å². The first kappa shape index (κ1) is 23.3. The minimum Gasteiger partial charge on any atom is -0.327 e. The van der Waals surface area contributed by atoms with Gasteiger partial charge in [-0.05, 0) is 93.1 Å². The highest BCUT2D eigenvalue weighted by atomic mass is 15.2. The van der Waals surface area contributed by atoms with Crippen molar-refractivity contribution in [3.05, 3.63) is 89.8 Å². The Morgan fingerprint density at radius 1 is 0.972 bits per heavy atom. The van der Waals surface area contributed by atoms with Crippen molar-refractivity contribution in [3.63, 3.8) is 0 Å². The second kappa shape index (κ2) is 10.5. The molecular formula is C30H36N6. The molecule has 1 saturated heterocycles. The summed E-state index contributed by atoms with van der Waals surface area (Å²) in [4.78, 5) is 19.2. The Morgan fingerprint density at radius 3 is 2.78 bits per heavy atom. The highest BCUT2D eigenvalue weighted by molar-refractivity contribution is 5.75. The number of hydrogen-bond donors (Lipinski definition) is 0. The van der Waals surface area contributed by atoms with Gasteiger partial charge in [0.05, 0.1) is 29.3 Å². The zero-order chi connectivity index (χ0) is 24.3. The molecule has 1 unspecified atom stereocenters. The number of benzene rings is 1. The Hall–Kier alpha value is -3.09. The third-order valence-corrected chi connectivity index (χ3v) is 8.02. The second-order valence-electron chi connectivity index (χ2n) is 10.6. The first-order valence-electron chi connectivity index (χ1n) is 13.4. The van der Waals surface area contributed by atoms with E-state index in [1.807, 2.05) is 18.6 Å². The van der Waals surface area contributed by atoms with Crippen LogP contribution in [0.25, 0.3) is 11.0 Å². The molecule has 4 aromatic rings. The SMILES string of the molecule is CN(Cc1nc2ccccc2n1C[C@H]1CCCN(Cc2ccncc2)C1)C1CCCc2cccnc21. The molecule has 0 radical (unpaired) electrons. The lowest BCUT2D eigenvalue weighted by Gasteiger charge is -2.34. The van der Waals surface area contributed by atoms with Crippen LogP contribution in [0.2, 0.25) is 0 Å². The van der Waals surface area contributed by atoms with Gasteiger partial charge < -0.3 is 4.57 Å². The summed E-state index contributed by atoms with van der Waals surface area (Å²) in [6.07, 6.45) is 11.8. The maximum atomic E-state index is 5.14. The predicted molar refractivity (Wildman–Crippen MR) is 143 cm³/mol. The van der Waals surface area contributed by atoms with E-state index in [-0.39, 0.29) is 0 Å². The van der Waals surface area contributed by atoms with Crippen LogP contribution in [0.4, 0.5) is 0 Å². The van der Waals surface area contributed by atoms with E-state index in [9.17, 15) is 0 Å². The average molecular weight is 481 g/mol. The smallest absolute Gasteiger partial charge is 0.124 e. The molecule has 0 saturated carbocycles. The fourth-order valence-electron chi connectivity index (χ4n) is 6.25. The average Bonchev–Trinajstić information content (AvgIpc) is 3.25. The first-order chi connectivity index (χ1) is 17.7. The zero-order valence-corrected chi connectivity index (χ0v) is 21.3. The van der Waals surface area contributed by atoms with Crippen LogP contribution < -0.4 is 0 Å². The van der Waals surface area contributed by atoms with Crippen molar-refractivity contribution in [2.75, 3.05) is 20.1 Å². The Balaban J connectivity index is 1.22. The van der Waals surface area contributed by atoms with Gasteiger partial charge in [-0.1, -0.05) is 18.2 Å². The Kier molecular flexibility index (Phi) is 6.79. The number of likely N-dealkylation sites (tertiary alicyclic amines) is 1. The van der Waals surface area contributed by atoms with Crippen LogP contribution in [0.5, 0.6) is 0 Å². The molecule has 0 spiro atoms. The molecular weight excluding hydrogens is 444 g/mol. The van der Waals surface area contributed by atoms with E-state index in [4.69, 9.17) is 9.97 Å². The Labute approximate surface area is 214 Å². The molecule has 36 heavy (non-hydrogen) atoms. The fraction of sp³-hybridized carbons (Fsp3) is 0.433. The minimum absolute atomic E-state index is 0.355. The summed E-state index contributed by atoms with van der Waals surface area (Å²) in [5, 5.41) is 0. The molecule has 2 atom stereocenters. The lowest BCUT2D eigenvalue weighted by molar-refractivity contribution is 0.153. The molecule has 3 aromatic heterocycles. The molecule has 0 amide bonds. The van der Waals surface area contributed by atoms with Crippen molar-refractivity contribution in [3.8, 4) is 0 Å². The number of aromatic nitrogens is 4. The monoisotopic (exact) mass is 480 g/mol. The number of rotatable bonds is 7. The number of imidazole rings is 1. The fourth-order valence-corrected chi connectivity index (χ4v) is 6.25. The summed E-state index contributed by atoms with van der Waals surface area (Å²) in [5.41, 5.74) is 6.38. The standard InChI is InChI=1S/C30H36N6/c1-34(28-12-4-8-25-9-5-15-32-30(25)28)22-29-33-26-10-2-3-11-27(26)36(29)21-24-7-6-18-35(20-24)19-23-13-16-31-17-14-23/h2-3,5,9-11,13-17,24,28H,4,6-8,12,18-22H2,1H3/t24-,28?/m0/s1. The number of piperidine rings is 1. The van der Waals surface area contributed by atoms with Gasteiger partial charge in [0, 0.05) is 38.2 Å². The van der Waals surface area contributed by atoms with Crippen molar-refractivity contribution in [1.82, 2.24) is 29.3 Å². The van der Waals surface area contributed by atoms with Crippen LogP contribution in [-0.4, -0.2) is 49.5 Å². The molecule has 0 bridgehead atoms. The lowest BCUT2D eigenvalue weighted by Crippen LogP contribution is -2.37. The van der Waals surface area contributed by atoms with E-state index in [0.717, 1.165) is 44.5 Å². The molecule has 4 heterocycles. The Bertz CT molecular complexity index is 1300. The number of hydrogen-bond acceptors (Lipinski definition) is 5. The quantitative estimate of drug-likeness (QED) is 0.362. The summed E-state index contributed by atoms with van der Waals surface area (Å²) in [5.74, 6) is 1.80. The van der Waals surface area contributed by atoms with Gasteiger partial charge >= 0.3 is 0 Å². The van der Waals surface area contributed by atoms with Gasteiger partial charge in [-0.3, -0.25) is 19.8 Å².